The van der Waals surface area contributed by atoms with Crippen molar-refractivity contribution in [2.45, 2.75) is 6.82 Å². The van der Waals surface area contributed by atoms with Gasteiger partial charge in [0, 0.05) is 0 Å². The van der Waals surface area contributed by atoms with Crippen LogP contribution >= 0.6 is 24.0 Å². The maximum absolute atomic E-state index is 3.36. The van der Waals surface area contributed by atoms with Gasteiger partial charge in [-0.15, -0.1) is 30.8 Å². The van der Waals surface area contributed by atoms with Gasteiger partial charge in [0.1, 0.15) is 0 Å². The Balaban J connectivity index is -0.00000000667. The molecule has 1 radical (unpaired) electrons. The van der Waals surface area contributed by atoms with E-state index >= 15 is 0 Å². The summed E-state index contributed by atoms with van der Waals surface area (Å²) < 4.78 is 0. The van der Waals surface area contributed by atoms with Crippen LogP contribution in [0, 0.1) is 45.4 Å². The van der Waals surface area contributed by atoms with Crippen molar-refractivity contribution in [2.24, 2.45) is 0 Å². The summed E-state index contributed by atoms with van der Waals surface area (Å²) in [5.74, 6) is 0. The third-order valence-electron chi connectivity index (χ3n) is 0. The quantitative estimate of drug-likeness (QED) is 0.317. The van der Waals surface area contributed by atoms with Crippen molar-refractivity contribution in [3.05, 3.63) is 14.2 Å². The second kappa shape index (κ2) is 28.9. The first-order valence-corrected chi connectivity index (χ1v) is 0.986. The van der Waals surface area contributed by atoms with Crippen molar-refractivity contribution in [1.29, 1.82) is 0 Å². The van der Waals surface area contributed by atoms with Gasteiger partial charge in [-0.05, 0) is 0 Å². The smallest absolute Gasteiger partial charge is 0.373 e. The van der Waals surface area contributed by atoms with Gasteiger partial charge >= 0.3 is 31.1 Å². The van der Waals surface area contributed by atoms with Crippen LogP contribution in [0.25, 0.3) is 0 Å². The van der Waals surface area contributed by atoms with Gasteiger partial charge in [-0.1, -0.05) is 7.28 Å². The fourth-order valence-corrected chi connectivity index (χ4v) is 0. The van der Waals surface area contributed by atoms with Crippen molar-refractivity contribution < 1.29 is 31.1 Å². The van der Waals surface area contributed by atoms with Crippen molar-refractivity contribution in [3.8, 4) is 0 Å². The molecule has 0 aliphatic rings. The van der Waals surface area contributed by atoms with E-state index in [1.807, 2.05) is 6.82 Å². The summed E-state index contributed by atoms with van der Waals surface area (Å²) in [5.41, 5.74) is 0. The first-order chi connectivity index (χ1) is 1.41. The molecule has 0 aliphatic heterocycles. The van der Waals surface area contributed by atoms with E-state index in [1.165, 1.54) is 0 Å². The second-order valence-electron chi connectivity index (χ2n) is 0.408. The Morgan fingerprint density at radius 1 is 1.50 bits per heavy atom. The standard InChI is InChI=1S/C2H5B.CH3.HI.U/c1-3-2;;;/h1H2,2H3;1H3;1H;/q2*-1;;+2. The summed E-state index contributed by atoms with van der Waals surface area (Å²) in [6, 6.07) is 0. The zero-order valence-electron chi connectivity index (χ0n) is 4.19. The van der Waals surface area contributed by atoms with Gasteiger partial charge in [0.25, 0.3) is 0 Å². The normalized spacial score (nSPS) is 2.33. The maximum Gasteiger partial charge on any atom is 2.00 e. The molecular formula is C3H9BIU. The van der Waals surface area contributed by atoms with Crippen LogP contribution in [0.5, 0.6) is 0 Å². The largest absolute Gasteiger partial charge is 2.00 e. The monoisotopic (exact) mass is 421 g/mol. The summed E-state index contributed by atoms with van der Waals surface area (Å²) in [6.07, 6.45) is 0. The Morgan fingerprint density at radius 2 is 1.50 bits per heavy atom. The summed E-state index contributed by atoms with van der Waals surface area (Å²) in [4.78, 5) is 0. The first-order valence-electron chi connectivity index (χ1n) is 0.986. The molecule has 0 nitrogen and oxygen atoms in total. The Morgan fingerprint density at radius 3 is 1.50 bits per heavy atom. The fraction of sp³-hybridized carbons (Fsp3) is 0.333. The van der Waals surface area contributed by atoms with Crippen LogP contribution in [-0.4, -0.2) is 7.28 Å². The van der Waals surface area contributed by atoms with Gasteiger partial charge in [0.05, 0.1) is 0 Å². The minimum Gasteiger partial charge on any atom is -0.373 e. The number of rotatable bonds is 0. The zero-order valence-corrected chi connectivity index (χ0v) is 10.7. The molecule has 35 valence electrons. The Bertz CT molecular complexity index is 10.8. The summed E-state index contributed by atoms with van der Waals surface area (Å²) in [5, 5.41) is 0. The van der Waals surface area contributed by atoms with Crippen molar-refractivity contribution >= 4 is 31.3 Å². The second-order valence-corrected chi connectivity index (χ2v) is 0.408. The van der Waals surface area contributed by atoms with E-state index in [2.05, 4.69) is 6.82 Å². The van der Waals surface area contributed by atoms with E-state index in [4.69, 9.17) is 0 Å². The van der Waals surface area contributed by atoms with Crippen LogP contribution in [0.2, 0.25) is 6.82 Å². The van der Waals surface area contributed by atoms with E-state index in [9.17, 15) is 0 Å². The molecule has 0 aromatic rings. The van der Waals surface area contributed by atoms with Crippen molar-refractivity contribution in [2.75, 3.05) is 0 Å². The predicted molar refractivity (Wildman–Crippen MR) is 38.8 cm³/mol. The topological polar surface area (TPSA) is 0 Å². The van der Waals surface area contributed by atoms with Crippen LogP contribution < -0.4 is 0 Å². The third kappa shape index (κ3) is 40.3. The van der Waals surface area contributed by atoms with Crippen LogP contribution in [0.15, 0.2) is 0 Å². The molecule has 0 saturated heterocycles. The van der Waals surface area contributed by atoms with Gasteiger partial charge in [-0.25, -0.2) is 0 Å². The molecule has 0 aromatic heterocycles. The Kier molecular flexibility index (Phi) is 120. The molecule has 0 bridgehead atoms. The summed E-state index contributed by atoms with van der Waals surface area (Å²) in [6.45, 7) is 5.25. The molecule has 0 amide bonds. The minimum atomic E-state index is 0. The van der Waals surface area contributed by atoms with Crippen LogP contribution in [0.3, 0.4) is 0 Å². The SMILES string of the molecule is I.[CH2-][B]C.[CH3-].[U+2]. The average molecular weight is 421 g/mol. The molecule has 6 heavy (non-hydrogen) atoms. The molecular weight excluding hydrogens is 412 g/mol. The van der Waals surface area contributed by atoms with Crippen LogP contribution in [-0.2, 0) is 0 Å². The Hall–Kier alpha value is 1.85. The molecule has 0 atom stereocenters. The van der Waals surface area contributed by atoms with E-state index in [-0.39, 0.29) is 62.5 Å². The molecule has 0 rings (SSSR count). The van der Waals surface area contributed by atoms with Gasteiger partial charge in [-0.2, -0.15) is 0 Å². The molecule has 0 unspecified atom stereocenters. The number of hydrogen-bond donors (Lipinski definition) is 0. The van der Waals surface area contributed by atoms with Gasteiger partial charge in [-0.3, -0.25) is 0 Å². The van der Waals surface area contributed by atoms with E-state index in [0.717, 1.165) is 0 Å². The van der Waals surface area contributed by atoms with Gasteiger partial charge in [0.15, 0.2) is 0 Å². The van der Waals surface area contributed by atoms with Gasteiger partial charge in [0.2, 0.25) is 0 Å². The van der Waals surface area contributed by atoms with Crippen molar-refractivity contribution in [3.63, 3.8) is 0 Å². The number of halogens is 1. The van der Waals surface area contributed by atoms with Crippen molar-refractivity contribution in [1.82, 2.24) is 0 Å². The third-order valence-corrected chi connectivity index (χ3v) is 0. The molecule has 3 heteroatoms. The Labute approximate surface area is 82.5 Å². The van der Waals surface area contributed by atoms with Crippen LogP contribution in [0.4, 0.5) is 0 Å². The number of hydrogen-bond acceptors (Lipinski definition) is 0. The van der Waals surface area contributed by atoms with Gasteiger partial charge < -0.3 is 14.2 Å². The molecule has 0 aliphatic carbocycles. The fourth-order valence-electron chi connectivity index (χ4n) is 0. The molecule has 0 aromatic carbocycles. The molecule has 0 spiro atoms. The van der Waals surface area contributed by atoms with Crippen LogP contribution in [0.1, 0.15) is 0 Å². The molecule has 0 heterocycles. The summed E-state index contributed by atoms with van der Waals surface area (Å²) >= 11 is 0. The first kappa shape index (κ1) is 24.9. The van der Waals surface area contributed by atoms with E-state index in [1.54, 1.807) is 7.28 Å². The summed E-state index contributed by atoms with van der Waals surface area (Å²) in [7, 11) is 1.75. The van der Waals surface area contributed by atoms with E-state index in [0.29, 0.717) is 0 Å². The predicted octanol–water partition coefficient (Wildman–Crippen LogP) is 1.60. The molecule has 0 N–H and O–H groups in total. The van der Waals surface area contributed by atoms with E-state index < -0.39 is 0 Å². The molecule has 0 fully saturated rings. The maximum atomic E-state index is 3.36. The molecule has 0 saturated carbocycles. The zero-order chi connectivity index (χ0) is 2.71. The minimum absolute atomic E-state index is 0. The average Bonchev–Trinajstić information content (AvgIpc) is 0.918.